The Morgan fingerprint density at radius 1 is 0.857 bits per heavy atom. The number of hydrogen-bond acceptors (Lipinski definition) is 5. The van der Waals surface area contributed by atoms with Gasteiger partial charge in [0.25, 0.3) is 0 Å². The third kappa shape index (κ3) is 5.85. The van der Waals surface area contributed by atoms with Crippen molar-refractivity contribution in [1.29, 1.82) is 0 Å². The minimum atomic E-state index is -1.12. The molecule has 0 amide bonds. The lowest BCUT2D eigenvalue weighted by atomic mass is 10.1. The van der Waals surface area contributed by atoms with Crippen molar-refractivity contribution in [3.63, 3.8) is 0 Å². The van der Waals surface area contributed by atoms with Gasteiger partial charge in [-0.05, 0) is 37.1 Å². The summed E-state index contributed by atoms with van der Waals surface area (Å²) in [5.41, 5.74) is 0.0884. The SMILES string of the molecule is O=C(O)CCCCC(=O)OC(=O)c1ccc(C(=O)O)cc1. The second kappa shape index (κ2) is 7.78. The van der Waals surface area contributed by atoms with Gasteiger partial charge in [0.05, 0.1) is 11.1 Å². The van der Waals surface area contributed by atoms with Crippen molar-refractivity contribution >= 4 is 23.9 Å². The molecule has 0 aliphatic heterocycles. The van der Waals surface area contributed by atoms with E-state index in [0.29, 0.717) is 12.8 Å². The predicted molar refractivity (Wildman–Crippen MR) is 69.9 cm³/mol. The zero-order valence-electron chi connectivity index (χ0n) is 11.1. The van der Waals surface area contributed by atoms with Crippen LogP contribution in [0.3, 0.4) is 0 Å². The molecule has 1 aromatic rings. The number of ether oxygens (including phenoxy) is 1. The third-order valence-corrected chi connectivity index (χ3v) is 2.60. The standard InChI is InChI=1S/C14H14O7/c15-11(16)3-1-2-4-12(17)21-14(20)10-7-5-9(6-8-10)13(18)19/h5-8H,1-4H2,(H,15,16)(H,18,19). The van der Waals surface area contributed by atoms with E-state index in [4.69, 9.17) is 10.2 Å². The highest BCUT2D eigenvalue weighted by atomic mass is 16.6. The maximum Gasteiger partial charge on any atom is 0.345 e. The van der Waals surface area contributed by atoms with Crippen molar-refractivity contribution in [2.75, 3.05) is 0 Å². The summed E-state index contributed by atoms with van der Waals surface area (Å²) in [5.74, 6) is -3.68. The van der Waals surface area contributed by atoms with Gasteiger partial charge in [-0.25, -0.2) is 9.59 Å². The van der Waals surface area contributed by atoms with Gasteiger partial charge < -0.3 is 14.9 Å². The van der Waals surface area contributed by atoms with Crippen LogP contribution in [-0.4, -0.2) is 34.1 Å². The van der Waals surface area contributed by atoms with Crippen molar-refractivity contribution in [1.82, 2.24) is 0 Å². The molecule has 2 N–H and O–H groups in total. The van der Waals surface area contributed by atoms with E-state index in [1.54, 1.807) is 0 Å². The molecule has 0 spiro atoms. The topological polar surface area (TPSA) is 118 Å². The number of aromatic carboxylic acids is 1. The summed E-state index contributed by atoms with van der Waals surface area (Å²) < 4.78 is 4.57. The number of carboxylic acids is 2. The average Bonchev–Trinajstić information content (AvgIpc) is 2.43. The van der Waals surface area contributed by atoms with E-state index in [9.17, 15) is 19.2 Å². The summed E-state index contributed by atoms with van der Waals surface area (Å²) in [6, 6.07) is 4.97. The minimum Gasteiger partial charge on any atom is -0.481 e. The second-order valence-electron chi connectivity index (χ2n) is 4.24. The average molecular weight is 294 g/mol. The number of esters is 2. The second-order valence-corrected chi connectivity index (χ2v) is 4.24. The molecule has 0 saturated carbocycles. The van der Waals surface area contributed by atoms with Crippen LogP contribution in [0.25, 0.3) is 0 Å². The first-order valence-corrected chi connectivity index (χ1v) is 6.20. The third-order valence-electron chi connectivity index (χ3n) is 2.60. The summed E-state index contributed by atoms with van der Waals surface area (Å²) in [5, 5.41) is 17.1. The van der Waals surface area contributed by atoms with Gasteiger partial charge in [-0.3, -0.25) is 9.59 Å². The highest BCUT2D eigenvalue weighted by molar-refractivity contribution is 5.97. The van der Waals surface area contributed by atoms with Gasteiger partial charge in [-0.1, -0.05) is 0 Å². The van der Waals surface area contributed by atoms with Crippen molar-refractivity contribution in [2.24, 2.45) is 0 Å². The molecule has 0 aliphatic rings. The van der Waals surface area contributed by atoms with Crippen molar-refractivity contribution < 1.29 is 34.1 Å². The molecule has 0 aliphatic carbocycles. The lowest BCUT2D eigenvalue weighted by Gasteiger charge is -2.03. The maximum atomic E-state index is 11.6. The first kappa shape index (κ1) is 16.4. The minimum absolute atomic E-state index is 0.0200. The Bertz CT molecular complexity index is 545. The smallest absolute Gasteiger partial charge is 0.345 e. The van der Waals surface area contributed by atoms with Gasteiger partial charge in [-0.15, -0.1) is 0 Å². The van der Waals surface area contributed by atoms with Crippen LogP contribution in [0.1, 0.15) is 46.4 Å². The molecule has 0 bridgehead atoms. The maximum absolute atomic E-state index is 11.6. The fourth-order valence-electron chi connectivity index (χ4n) is 1.51. The number of hydrogen-bond donors (Lipinski definition) is 2. The van der Waals surface area contributed by atoms with Crippen LogP contribution >= 0.6 is 0 Å². The van der Waals surface area contributed by atoms with E-state index < -0.39 is 23.9 Å². The number of carbonyl (C=O) groups is 4. The number of unbranched alkanes of at least 4 members (excludes halogenated alkanes) is 1. The van der Waals surface area contributed by atoms with E-state index in [1.165, 1.54) is 24.3 Å². The Hall–Kier alpha value is -2.70. The number of aliphatic carboxylic acids is 1. The van der Waals surface area contributed by atoms with Gasteiger partial charge in [0.15, 0.2) is 0 Å². The van der Waals surface area contributed by atoms with Gasteiger partial charge in [-0.2, -0.15) is 0 Å². The molecular formula is C14H14O7. The quantitative estimate of drug-likeness (QED) is 0.446. The van der Waals surface area contributed by atoms with Crippen LogP contribution in [0.15, 0.2) is 24.3 Å². The highest BCUT2D eigenvalue weighted by Gasteiger charge is 2.13. The van der Waals surface area contributed by atoms with E-state index in [0.717, 1.165) is 0 Å². The molecule has 0 unspecified atom stereocenters. The van der Waals surface area contributed by atoms with Crippen molar-refractivity contribution in [2.45, 2.75) is 25.7 Å². The molecule has 1 rings (SSSR count). The summed E-state index contributed by atoms with van der Waals surface area (Å²) in [6.45, 7) is 0. The first-order chi connectivity index (χ1) is 9.90. The Labute approximate surface area is 120 Å². The lowest BCUT2D eigenvalue weighted by molar-refractivity contribution is -0.139. The van der Waals surface area contributed by atoms with E-state index >= 15 is 0 Å². The Balaban J connectivity index is 2.43. The molecule has 7 heteroatoms. The summed E-state index contributed by atoms with van der Waals surface area (Å²) in [7, 11) is 0. The molecule has 0 aromatic heterocycles. The van der Waals surface area contributed by atoms with Gasteiger partial charge in [0.1, 0.15) is 0 Å². The molecule has 7 nitrogen and oxygen atoms in total. The zero-order valence-corrected chi connectivity index (χ0v) is 11.1. The van der Waals surface area contributed by atoms with Crippen LogP contribution in [-0.2, 0) is 14.3 Å². The van der Waals surface area contributed by atoms with Gasteiger partial charge in [0.2, 0.25) is 0 Å². The van der Waals surface area contributed by atoms with E-state index in [-0.39, 0.29) is 24.0 Å². The van der Waals surface area contributed by atoms with E-state index in [1.807, 2.05) is 0 Å². The highest BCUT2D eigenvalue weighted by Crippen LogP contribution is 2.08. The Morgan fingerprint density at radius 3 is 1.90 bits per heavy atom. The van der Waals surface area contributed by atoms with Crippen molar-refractivity contribution in [3.05, 3.63) is 35.4 Å². The summed E-state index contributed by atoms with van der Waals surface area (Å²) in [6.07, 6.45) is 0.548. The number of rotatable bonds is 7. The molecule has 0 heterocycles. The molecule has 112 valence electrons. The molecule has 0 fully saturated rings. The Morgan fingerprint density at radius 2 is 1.38 bits per heavy atom. The number of carboxylic acid groups (broad SMARTS) is 2. The van der Waals surface area contributed by atoms with E-state index in [2.05, 4.69) is 4.74 Å². The molecule has 21 heavy (non-hydrogen) atoms. The van der Waals surface area contributed by atoms with Crippen LogP contribution in [0, 0.1) is 0 Å². The summed E-state index contributed by atoms with van der Waals surface area (Å²) >= 11 is 0. The predicted octanol–water partition coefficient (Wildman–Crippen LogP) is 1.71. The lowest BCUT2D eigenvalue weighted by Crippen LogP contribution is -2.12. The molecule has 0 atom stereocenters. The fraction of sp³-hybridized carbons (Fsp3) is 0.286. The van der Waals surface area contributed by atoms with Gasteiger partial charge in [0, 0.05) is 12.8 Å². The molecule has 0 radical (unpaired) electrons. The van der Waals surface area contributed by atoms with Crippen molar-refractivity contribution in [3.8, 4) is 0 Å². The molecule has 1 aromatic carbocycles. The van der Waals surface area contributed by atoms with Crippen LogP contribution in [0.5, 0.6) is 0 Å². The van der Waals surface area contributed by atoms with Crippen LogP contribution in [0.4, 0.5) is 0 Å². The van der Waals surface area contributed by atoms with Gasteiger partial charge >= 0.3 is 23.9 Å². The summed E-state index contributed by atoms with van der Waals surface area (Å²) in [4.78, 5) is 43.9. The normalized spacial score (nSPS) is 9.90. The zero-order chi connectivity index (χ0) is 15.8. The fourth-order valence-corrected chi connectivity index (χ4v) is 1.51. The largest absolute Gasteiger partial charge is 0.481 e. The monoisotopic (exact) mass is 294 g/mol. The Kier molecular flexibility index (Phi) is 6.06. The number of benzene rings is 1. The first-order valence-electron chi connectivity index (χ1n) is 6.20. The van der Waals surface area contributed by atoms with Crippen LogP contribution in [0.2, 0.25) is 0 Å². The number of carbonyl (C=O) groups excluding carboxylic acids is 2. The molecule has 0 saturated heterocycles. The molecular weight excluding hydrogens is 280 g/mol. The van der Waals surface area contributed by atoms with Crippen LogP contribution < -0.4 is 0 Å².